The van der Waals surface area contributed by atoms with E-state index in [1.54, 1.807) is 31.4 Å². The number of aliphatic hydroxyl groups excluding tert-OH is 1. The van der Waals surface area contributed by atoms with Gasteiger partial charge in [-0.25, -0.2) is 8.42 Å². The molecule has 0 spiro atoms. The molecule has 0 amide bonds. The van der Waals surface area contributed by atoms with E-state index in [9.17, 15) is 13.5 Å². The highest BCUT2D eigenvalue weighted by Gasteiger charge is 2.36. The summed E-state index contributed by atoms with van der Waals surface area (Å²) in [6.07, 6.45) is -0.845. The first kappa shape index (κ1) is 12.2. The molecule has 0 aliphatic carbocycles. The number of hydrogen-bond donors (Lipinski definition) is 2. The van der Waals surface area contributed by atoms with Gasteiger partial charge in [0.05, 0.1) is 30.8 Å². The average Bonchev–Trinajstić information content (AvgIpc) is 2.53. The molecule has 2 rings (SSSR count). The molecule has 0 radical (unpaired) electrons. The summed E-state index contributed by atoms with van der Waals surface area (Å²) in [5.74, 6) is 0.538. The van der Waals surface area contributed by atoms with Gasteiger partial charge < -0.3 is 15.2 Å². The van der Waals surface area contributed by atoms with Crippen LogP contribution in [-0.2, 0) is 9.84 Å². The quantitative estimate of drug-likeness (QED) is 0.812. The molecule has 2 atom stereocenters. The Labute approximate surface area is 100 Å². The van der Waals surface area contributed by atoms with Crippen LogP contribution in [0.3, 0.4) is 0 Å². The third kappa shape index (κ3) is 2.89. The molecule has 1 aromatic carbocycles. The molecule has 1 saturated heterocycles. The lowest BCUT2D eigenvalue weighted by Crippen LogP contribution is -2.31. The highest BCUT2D eigenvalue weighted by molar-refractivity contribution is 7.91. The largest absolute Gasteiger partial charge is 0.497 e. The second-order valence-electron chi connectivity index (χ2n) is 4.12. The van der Waals surface area contributed by atoms with Gasteiger partial charge in [-0.15, -0.1) is 0 Å². The number of ether oxygens (including phenoxy) is 1. The first-order valence-electron chi connectivity index (χ1n) is 5.29. The Morgan fingerprint density at radius 2 is 1.94 bits per heavy atom. The molecule has 1 heterocycles. The molecule has 0 bridgehead atoms. The van der Waals surface area contributed by atoms with Crippen LogP contribution in [0.1, 0.15) is 0 Å². The van der Waals surface area contributed by atoms with Crippen molar-refractivity contribution < 1.29 is 18.3 Å². The molecular formula is C11H15NO4S. The number of benzene rings is 1. The standard InChI is InChI=1S/C11H15NO4S/c1-16-9-4-2-8(3-5-9)12-10-6-17(14,15)7-11(10)13/h2-5,10-13H,6-7H2,1H3. The summed E-state index contributed by atoms with van der Waals surface area (Å²) in [5, 5.41) is 12.6. The van der Waals surface area contributed by atoms with E-state index >= 15 is 0 Å². The van der Waals surface area contributed by atoms with Crippen molar-refractivity contribution in [2.45, 2.75) is 12.1 Å². The van der Waals surface area contributed by atoms with Crippen molar-refractivity contribution in [1.29, 1.82) is 0 Å². The number of anilines is 1. The van der Waals surface area contributed by atoms with Gasteiger partial charge in [-0.1, -0.05) is 0 Å². The van der Waals surface area contributed by atoms with Crippen LogP contribution in [0.15, 0.2) is 24.3 Å². The van der Waals surface area contributed by atoms with Crippen molar-refractivity contribution >= 4 is 15.5 Å². The summed E-state index contributed by atoms with van der Waals surface area (Å²) in [5.41, 5.74) is 0.770. The Bertz CT molecular complexity index is 483. The van der Waals surface area contributed by atoms with E-state index in [1.807, 2.05) is 0 Å². The molecule has 1 aliphatic heterocycles. The molecule has 2 unspecified atom stereocenters. The Hall–Kier alpha value is -1.27. The molecule has 1 aliphatic rings. The summed E-state index contributed by atoms with van der Waals surface area (Å²) >= 11 is 0. The summed E-state index contributed by atoms with van der Waals surface area (Å²) in [4.78, 5) is 0. The zero-order valence-corrected chi connectivity index (χ0v) is 10.3. The predicted octanol–water partition coefficient (Wildman–Crippen LogP) is 0.265. The monoisotopic (exact) mass is 257 g/mol. The Kier molecular flexibility index (Phi) is 3.26. The van der Waals surface area contributed by atoms with E-state index < -0.39 is 22.0 Å². The number of aliphatic hydroxyl groups is 1. The Balaban J connectivity index is 2.06. The minimum Gasteiger partial charge on any atom is -0.497 e. The molecule has 5 nitrogen and oxygen atoms in total. The van der Waals surface area contributed by atoms with Gasteiger partial charge >= 0.3 is 0 Å². The Morgan fingerprint density at radius 1 is 1.29 bits per heavy atom. The summed E-state index contributed by atoms with van der Waals surface area (Å²) in [6.45, 7) is 0. The number of hydrogen-bond acceptors (Lipinski definition) is 5. The van der Waals surface area contributed by atoms with Gasteiger partial charge in [0, 0.05) is 5.69 Å². The third-order valence-corrected chi connectivity index (χ3v) is 4.48. The number of nitrogens with one attached hydrogen (secondary N) is 1. The van der Waals surface area contributed by atoms with Gasteiger partial charge in [0.1, 0.15) is 5.75 Å². The summed E-state index contributed by atoms with van der Waals surface area (Å²) < 4.78 is 27.7. The second-order valence-corrected chi connectivity index (χ2v) is 6.28. The summed E-state index contributed by atoms with van der Waals surface area (Å²) in [7, 11) is -1.54. The topological polar surface area (TPSA) is 75.6 Å². The minimum absolute atomic E-state index is 0.0276. The van der Waals surface area contributed by atoms with E-state index in [-0.39, 0.29) is 11.5 Å². The van der Waals surface area contributed by atoms with Crippen LogP contribution in [0.5, 0.6) is 5.75 Å². The molecule has 6 heteroatoms. The van der Waals surface area contributed by atoms with Gasteiger partial charge in [0.25, 0.3) is 0 Å². The van der Waals surface area contributed by atoms with Gasteiger partial charge in [-0.05, 0) is 24.3 Å². The molecule has 17 heavy (non-hydrogen) atoms. The van der Waals surface area contributed by atoms with Crippen molar-refractivity contribution in [3.8, 4) is 5.75 Å². The fourth-order valence-electron chi connectivity index (χ4n) is 1.87. The zero-order chi connectivity index (χ0) is 12.5. The normalized spacial score (nSPS) is 26.7. The smallest absolute Gasteiger partial charge is 0.155 e. The van der Waals surface area contributed by atoms with Crippen LogP contribution in [0.2, 0.25) is 0 Å². The number of sulfone groups is 1. The molecule has 1 fully saturated rings. The maximum atomic E-state index is 11.3. The molecule has 94 valence electrons. The van der Waals surface area contributed by atoms with E-state index in [2.05, 4.69) is 5.32 Å². The number of methoxy groups -OCH3 is 1. The molecule has 0 saturated carbocycles. The summed E-state index contributed by atoms with van der Waals surface area (Å²) in [6, 6.07) is 6.69. The van der Waals surface area contributed by atoms with E-state index in [0.29, 0.717) is 0 Å². The van der Waals surface area contributed by atoms with Crippen LogP contribution < -0.4 is 10.1 Å². The fraction of sp³-hybridized carbons (Fsp3) is 0.455. The van der Waals surface area contributed by atoms with Crippen LogP contribution in [0.4, 0.5) is 5.69 Å². The van der Waals surface area contributed by atoms with Gasteiger partial charge in [0.2, 0.25) is 0 Å². The fourth-order valence-corrected chi connectivity index (χ4v) is 3.61. The van der Waals surface area contributed by atoms with Crippen molar-refractivity contribution in [2.24, 2.45) is 0 Å². The molecule has 0 aromatic heterocycles. The van der Waals surface area contributed by atoms with Crippen LogP contribution in [-0.4, -0.2) is 44.3 Å². The SMILES string of the molecule is COc1ccc(NC2CS(=O)(=O)CC2O)cc1. The zero-order valence-electron chi connectivity index (χ0n) is 9.46. The third-order valence-electron chi connectivity index (χ3n) is 2.76. The first-order valence-corrected chi connectivity index (χ1v) is 7.11. The second kappa shape index (κ2) is 4.54. The number of rotatable bonds is 3. The highest BCUT2D eigenvalue weighted by Crippen LogP contribution is 2.20. The highest BCUT2D eigenvalue weighted by atomic mass is 32.2. The Morgan fingerprint density at radius 3 is 2.41 bits per heavy atom. The van der Waals surface area contributed by atoms with Gasteiger partial charge in [-0.3, -0.25) is 0 Å². The minimum atomic E-state index is -3.11. The van der Waals surface area contributed by atoms with Crippen molar-refractivity contribution in [2.75, 3.05) is 23.9 Å². The van der Waals surface area contributed by atoms with Crippen molar-refractivity contribution in [3.05, 3.63) is 24.3 Å². The average molecular weight is 257 g/mol. The van der Waals surface area contributed by atoms with Crippen LogP contribution in [0, 0.1) is 0 Å². The molecule has 1 aromatic rings. The first-order chi connectivity index (χ1) is 8.00. The maximum absolute atomic E-state index is 11.3. The predicted molar refractivity (Wildman–Crippen MR) is 65.1 cm³/mol. The van der Waals surface area contributed by atoms with Gasteiger partial charge in [0.15, 0.2) is 9.84 Å². The lowest BCUT2D eigenvalue weighted by molar-refractivity contribution is 0.190. The lowest BCUT2D eigenvalue weighted by atomic mass is 10.2. The van der Waals surface area contributed by atoms with E-state index in [0.717, 1.165) is 11.4 Å². The van der Waals surface area contributed by atoms with Crippen molar-refractivity contribution in [3.63, 3.8) is 0 Å². The molecular weight excluding hydrogens is 242 g/mol. The van der Waals surface area contributed by atoms with E-state index in [4.69, 9.17) is 4.74 Å². The molecule has 2 N–H and O–H groups in total. The van der Waals surface area contributed by atoms with Crippen LogP contribution in [0.25, 0.3) is 0 Å². The maximum Gasteiger partial charge on any atom is 0.155 e. The van der Waals surface area contributed by atoms with Crippen LogP contribution >= 0.6 is 0 Å². The van der Waals surface area contributed by atoms with Crippen molar-refractivity contribution in [1.82, 2.24) is 0 Å². The van der Waals surface area contributed by atoms with E-state index in [1.165, 1.54) is 0 Å². The van der Waals surface area contributed by atoms with Gasteiger partial charge in [-0.2, -0.15) is 0 Å². The lowest BCUT2D eigenvalue weighted by Gasteiger charge is -2.16.